The van der Waals surface area contributed by atoms with Gasteiger partial charge in [-0.05, 0) is 27.7 Å². The van der Waals surface area contributed by atoms with E-state index in [0.717, 1.165) is 0 Å². The Morgan fingerprint density at radius 3 is 2.18 bits per heavy atom. The first-order valence-corrected chi connectivity index (χ1v) is 6.10. The van der Waals surface area contributed by atoms with Gasteiger partial charge >= 0.3 is 5.97 Å². The van der Waals surface area contributed by atoms with E-state index >= 15 is 0 Å². The van der Waals surface area contributed by atoms with Gasteiger partial charge in [-0.15, -0.1) is 23.2 Å². The second-order valence-electron chi connectivity index (χ2n) is 5.59. The minimum absolute atomic E-state index is 0.310. The Hall–Kier alpha value is -0.480. The standard InChI is InChI=1S/C11H17Cl2NO3/c1-9(2,3)14-7(15)5-17-8(16)10(4)6-11(10,12)13/h5-6H2,1-4H3,(H,14,15). The van der Waals surface area contributed by atoms with Gasteiger partial charge in [-0.25, -0.2) is 0 Å². The summed E-state index contributed by atoms with van der Waals surface area (Å²) in [5, 5.41) is 2.68. The average molecular weight is 282 g/mol. The molecule has 17 heavy (non-hydrogen) atoms. The van der Waals surface area contributed by atoms with E-state index in [1.165, 1.54) is 0 Å². The van der Waals surface area contributed by atoms with Gasteiger partial charge in [-0.2, -0.15) is 0 Å². The Labute approximate surface area is 111 Å². The van der Waals surface area contributed by atoms with Crippen molar-refractivity contribution in [3.63, 3.8) is 0 Å². The lowest BCUT2D eigenvalue weighted by molar-refractivity contribution is -0.153. The fraction of sp³-hybridized carbons (Fsp3) is 0.818. The second kappa shape index (κ2) is 4.32. The van der Waals surface area contributed by atoms with Crippen molar-refractivity contribution in [2.45, 2.75) is 44.0 Å². The van der Waals surface area contributed by atoms with Crippen molar-refractivity contribution in [3.8, 4) is 0 Å². The van der Waals surface area contributed by atoms with Crippen LogP contribution in [0.3, 0.4) is 0 Å². The molecule has 1 amide bonds. The normalized spacial score (nSPS) is 26.2. The van der Waals surface area contributed by atoms with Crippen LogP contribution in [-0.2, 0) is 14.3 Å². The zero-order chi connectivity index (χ0) is 13.5. The van der Waals surface area contributed by atoms with E-state index in [1.54, 1.807) is 6.92 Å². The molecule has 0 heterocycles. The van der Waals surface area contributed by atoms with Crippen molar-refractivity contribution in [3.05, 3.63) is 0 Å². The number of nitrogens with one attached hydrogen (secondary N) is 1. The molecule has 1 aliphatic rings. The van der Waals surface area contributed by atoms with Gasteiger partial charge in [0.2, 0.25) is 0 Å². The van der Waals surface area contributed by atoms with Gasteiger partial charge in [0, 0.05) is 12.0 Å². The predicted octanol–water partition coefficient (Wildman–Crippen LogP) is 2.03. The lowest BCUT2D eigenvalue weighted by Crippen LogP contribution is -2.43. The fourth-order valence-electron chi connectivity index (χ4n) is 1.37. The van der Waals surface area contributed by atoms with Crippen molar-refractivity contribution in [2.24, 2.45) is 5.41 Å². The summed E-state index contributed by atoms with van der Waals surface area (Å²) in [6.07, 6.45) is 0.350. The van der Waals surface area contributed by atoms with Crippen LogP contribution in [0.25, 0.3) is 0 Å². The van der Waals surface area contributed by atoms with E-state index in [1.807, 2.05) is 20.8 Å². The zero-order valence-electron chi connectivity index (χ0n) is 10.4. The Bertz CT molecular complexity index is 349. The highest BCUT2D eigenvalue weighted by molar-refractivity contribution is 6.53. The third-order valence-corrected chi connectivity index (χ3v) is 3.66. The van der Waals surface area contributed by atoms with Crippen LogP contribution < -0.4 is 5.32 Å². The Kier molecular flexibility index (Phi) is 3.71. The molecule has 6 heteroatoms. The molecule has 0 bridgehead atoms. The van der Waals surface area contributed by atoms with Gasteiger partial charge in [-0.1, -0.05) is 0 Å². The van der Waals surface area contributed by atoms with E-state index in [0.29, 0.717) is 6.42 Å². The number of hydrogen-bond donors (Lipinski definition) is 1. The van der Waals surface area contributed by atoms with Crippen LogP contribution in [0.15, 0.2) is 0 Å². The van der Waals surface area contributed by atoms with E-state index in [4.69, 9.17) is 27.9 Å². The molecule has 0 aromatic carbocycles. The molecule has 0 aliphatic heterocycles. The number of rotatable bonds is 3. The molecular formula is C11H17Cl2NO3. The molecule has 4 nitrogen and oxygen atoms in total. The smallest absolute Gasteiger partial charge is 0.315 e. The molecule has 98 valence electrons. The van der Waals surface area contributed by atoms with E-state index in [2.05, 4.69) is 5.32 Å². The maximum Gasteiger partial charge on any atom is 0.315 e. The SMILES string of the molecule is CC(C)(C)NC(=O)COC(=O)C1(C)CC1(Cl)Cl. The average Bonchev–Trinajstić information content (AvgIpc) is 2.60. The number of amides is 1. The molecule has 1 N–H and O–H groups in total. The molecule has 1 rings (SSSR count). The first-order chi connectivity index (χ1) is 7.48. The summed E-state index contributed by atoms with van der Waals surface area (Å²) in [5.41, 5.74) is -1.24. The summed E-state index contributed by atoms with van der Waals surface area (Å²) >= 11 is 11.7. The van der Waals surface area contributed by atoms with Gasteiger partial charge in [0.15, 0.2) is 6.61 Å². The van der Waals surface area contributed by atoms with Crippen LogP contribution in [0, 0.1) is 5.41 Å². The number of hydrogen-bond acceptors (Lipinski definition) is 3. The summed E-state index contributed by atoms with van der Waals surface area (Å²) in [7, 11) is 0. The number of esters is 1. The van der Waals surface area contributed by atoms with E-state index in [-0.39, 0.29) is 18.1 Å². The summed E-state index contributed by atoms with van der Waals surface area (Å²) < 4.78 is 3.83. The van der Waals surface area contributed by atoms with Crippen molar-refractivity contribution in [1.29, 1.82) is 0 Å². The van der Waals surface area contributed by atoms with Crippen LogP contribution in [0.4, 0.5) is 0 Å². The third-order valence-electron chi connectivity index (χ3n) is 2.56. The predicted molar refractivity (Wildman–Crippen MR) is 66.0 cm³/mol. The lowest BCUT2D eigenvalue weighted by Gasteiger charge is -2.20. The van der Waals surface area contributed by atoms with Crippen molar-refractivity contribution < 1.29 is 14.3 Å². The zero-order valence-corrected chi connectivity index (χ0v) is 11.9. The largest absolute Gasteiger partial charge is 0.455 e. The highest BCUT2D eigenvalue weighted by Gasteiger charge is 2.69. The molecule has 1 fully saturated rings. The highest BCUT2D eigenvalue weighted by atomic mass is 35.5. The van der Waals surface area contributed by atoms with Crippen molar-refractivity contribution >= 4 is 35.1 Å². The molecule has 0 radical (unpaired) electrons. The fourth-order valence-corrected chi connectivity index (χ4v) is 2.05. The third kappa shape index (κ3) is 3.49. The Morgan fingerprint density at radius 2 is 1.82 bits per heavy atom. The summed E-state index contributed by atoms with van der Waals surface area (Å²) in [4.78, 5) is 23.1. The minimum Gasteiger partial charge on any atom is -0.455 e. The van der Waals surface area contributed by atoms with E-state index in [9.17, 15) is 9.59 Å². The Balaban J connectivity index is 2.38. The van der Waals surface area contributed by atoms with Gasteiger partial charge in [0.1, 0.15) is 9.75 Å². The molecule has 1 saturated carbocycles. The summed E-state index contributed by atoms with van der Waals surface area (Å²) in [5.74, 6) is -0.878. The maximum absolute atomic E-state index is 11.6. The number of carbonyl (C=O) groups excluding carboxylic acids is 2. The van der Waals surface area contributed by atoms with Crippen LogP contribution >= 0.6 is 23.2 Å². The lowest BCUT2D eigenvalue weighted by atomic mass is 10.1. The quantitative estimate of drug-likeness (QED) is 0.636. The molecule has 0 aromatic heterocycles. The molecule has 0 saturated heterocycles. The topological polar surface area (TPSA) is 55.4 Å². The van der Waals surface area contributed by atoms with Gasteiger partial charge in [-0.3, -0.25) is 9.59 Å². The van der Waals surface area contributed by atoms with E-state index < -0.39 is 15.7 Å². The van der Waals surface area contributed by atoms with Gasteiger partial charge in [0.05, 0.1) is 0 Å². The number of carbonyl (C=O) groups is 2. The van der Waals surface area contributed by atoms with Crippen molar-refractivity contribution in [2.75, 3.05) is 6.61 Å². The molecular weight excluding hydrogens is 265 g/mol. The minimum atomic E-state index is -1.06. The monoisotopic (exact) mass is 281 g/mol. The second-order valence-corrected chi connectivity index (χ2v) is 7.07. The van der Waals surface area contributed by atoms with Crippen LogP contribution in [0.1, 0.15) is 34.1 Å². The van der Waals surface area contributed by atoms with Crippen LogP contribution in [0.2, 0.25) is 0 Å². The number of alkyl halides is 2. The number of halogens is 2. The first-order valence-electron chi connectivity index (χ1n) is 5.34. The van der Waals surface area contributed by atoms with Gasteiger partial charge < -0.3 is 10.1 Å². The molecule has 0 aromatic rings. The first kappa shape index (κ1) is 14.6. The molecule has 1 aliphatic carbocycles. The van der Waals surface area contributed by atoms with Crippen LogP contribution in [-0.4, -0.2) is 28.4 Å². The molecule has 1 unspecified atom stereocenters. The molecule has 0 spiro atoms. The maximum atomic E-state index is 11.6. The highest BCUT2D eigenvalue weighted by Crippen LogP contribution is 2.64. The summed E-state index contributed by atoms with van der Waals surface area (Å²) in [6, 6.07) is 0. The molecule has 1 atom stereocenters. The van der Waals surface area contributed by atoms with Crippen LogP contribution in [0.5, 0.6) is 0 Å². The van der Waals surface area contributed by atoms with Crippen molar-refractivity contribution in [1.82, 2.24) is 5.32 Å². The van der Waals surface area contributed by atoms with Gasteiger partial charge in [0.25, 0.3) is 5.91 Å². The Morgan fingerprint density at radius 1 is 1.35 bits per heavy atom. The summed E-state index contributed by atoms with van der Waals surface area (Å²) in [6.45, 7) is 6.85. The number of ether oxygens (including phenoxy) is 1.